The summed E-state index contributed by atoms with van der Waals surface area (Å²) in [4.78, 5) is 0. The van der Waals surface area contributed by atoms with Gasteiger partial charge in [0.25, 0.3) is 0 Å². The summed E-state index contributed by atoms with van der Waals surface area (Å²) in [7, 11) is 1.71. The smallest absolute Gasteiger partial charge is 0.0616 e. The second-order valence-corrected chi connectivity index (χ2v) is 2.88. The number of likely N-dealkylation sites (N-methyl/N-ethyl adjacent to an activating group) is 1. The number of methoxy groups -OCH3 is 1. The minimum absolute atomic E-state index is 0.456. The Morgan fingerprint density at radius 2 is 2.08 bits per heavy atom. The van der Waals surface area contributed by atoms with E-state index in [-0.39, 0.29) is 0 Å². The maximum absolute atomic E-state index is 5.41. The van der Waals surface area contributed by atoms with E-state index >= 15 is 0 Å². The molecule has 0 aromatic heterocycles. The van der Waals surface area contributed by atoms with Crippen LogP contribution in [0.5, 0.6) is 0 Å². The molecular weight excluding hydrogens is 154 g/mol. The summed E-state index contributed by atoms with van der Waals surface area (Å²) < 4.78 is 10.3. The Balaban J connectivity index is 2.97. The topological polar surface area (TPSA) is 30.5 Å². The quantitative estimate of drug-likeness (QED) is 0.559. The average Bonchev–Trinajstić information content (AvgIpc) is 2.05. The van der Waals surface area contributed by atoms with E-state index in [1.807, 2.05) is 0 Å². The van der Waals surface area contributed by atoms with E-state index in [4.69, 9.17) is 9.47 Å². The lowest BCUT2D eigenvalue weighted by atomic mass is 10.3. The zero-order valence-electron chi connectivity index (χ0n) is 8.43. The van der Waals surface area contributed by atoms with E-state index < -0.39 is 0 Å². The maximum Gasteiger partial charge on any atom is 0.0616 e. The van der Waals surface area contributed by atoms with Crippen LogP contribution in [0.15, 0.2) is 0 Å². The van der Waals surface area contributed by atoms with Crippen molar-refractivity contribution in [1.29, 1.82) is 0 Å². The van der Waals surface area contributed by atoms with E-state index in [1.54, 1.807) is 7.11 Å². The van der Waals surface area contributed by atoms with Crippen LogP contribution in [-0.2, 0) is 9.47 Å². The Hall–Kier alpha value is -0.120. The summed E-state index contributed by atoms with van der Waals surface area (Å²) in [6.45, 7) is 7.60. The van der Waals surface area contributed by atoms with E-state index in [0.717, 1.165) is 32.8 Å². The second kappa shape index (κ2) is 8.97. The highest BCUT2D eigenvalue weighted by molar-refractivity contribution is 4.56. The molecule has 0 aliphatic heterocycles. The molecule has 0 aromatic rings. The predicted octanol–water partition coefficient (Wildman–Crippen LogP) is 1.04. The Labute approximate surface area is 75.4 Å². The molecule has 0 fully saturated rings. The molecule has 3 nitrogen and oxygen atoms in total. The van der Waals surface area contributed by atoms with Gasteiger partial charge in [0.1, 0.15) is 0 Å². The van der Waals surface area contributed by atoms with Crippen molar-refractivity contribution < 1.29 is 9.47 Å². The monoisotopic (exact) mass is 175 g/mol. The molecule has 1 atom stereocenters. The van der Waals surface area contributed by atoms with Crippen molar-refractivity contribution in [3.63, 3.8) is 0 Å². The fraction of sp³-hybridized carbons (Fsp3) is 1.00. The SMILES string of the molecule is CCNC(C)COCCCOC. The van der Waals surface area contributed by atoms with E-state index in [1.165, 1.54) is 0 Å². The standard InChI is InChI=1S/C9H21NO2/c1-4-10-9(2)8-12-7-5-6-11-3/h9-10H,4-8H2,1-3H3. The van der Waals surface area contributed by atoms with Crippen LogP contribution < -0.4 is 5.32 Å². The fourth-order valence-corrected chi connectivity index (χ4v) is 0.973. The van der Waals surface area contributed by atoms with Gasteiger partial charge in [-0.05, 0) is 19.9 Å². The molecule has 0 aromatic carbocycles. The average molecular weight is 175 g/mol. The lowest BCUT2D eigenvalue weighted by molar-refractivity contribution is 0.0908. The van der Waals surface area contributed by atoms with Crippen LogP contribution in [0.2, 0.25) is 0 Å². The van der Waals surface area contributed by atoms with Crippen molar-refractivity contribution in [2.45, 2.75) is 26.3 Å². The molecule has 0 aliphatic carbocycles. The summed E-state index contributed by atoms with van der Waals surface area (Å²) in [5.74, 6) is 0. The molecule has 1 N–H and O–H groups in total. The number of hydrogen-bond acceptors (Lipinski definition) is 3. The van der Waals surface area contributed by atoms with E-state index in [0.29, 0.717) is 6.04 Å². The van der Waals surface area contributed by atoms with Crippen LogP contribution >= 0.6 is 0 Å². The van der Waals surface area contributed by atoms with Crippen LogP contribution in [0, 0.1) is 0 Å². The highest BCUT2D eigenvalue weighted by atomic mass is 16.5. The molecule has 0 heterocycles. The first-order valence-corrected chi connectivity index (χ1v) is 4.61. The van der Waals surface area contributed by atoms with Gasteiger partial charge >= 0.3 is 0 Å². The van der Waals surface area contributed by atoms with Crippen molar-refractivity contribution in [3.8, 4) is 0 Å². The van der Waals surface area contributed by atoms with Crippen molar-refractivity contribution in [1.82, 2.24) is 5.32 Å². The molecule has 0 radical (unpaired) electrons. The van der Waals surface area contributed by atoms with Gasteiger partial charge in [-0.3, -0.25) is 0 Å². The number of nitrogens with one attached hydrogen (secondary N) is 1. The van der Waals surface area contributed by atoms with Gasteiger partial charge < -0.3 is 14.8 Å². The molecule has 0 saturated heterocycles. The van der Waals surface area contributed by atoms with Crippen LogP contribution in [0.3, 0.4) is 0 Å². The summed E-state index contributed by atoms with van der Waals surface area (Å²) in [6, 6.07) is 0.456. The molecule has 0 rings (SSSR count). The molecule has 0 bridgehead atoms. The van der Waals surface area contributed by atoms with Gasteiger partial charge in [0.05, 0.1) is 6.61 Å². The summed E-state index contributed by atoms with van der Waals surface area (Å²) >= 11 is 0. The Bertz CT molecular complexity index is 88.6. The number of rotatable bonds is 8. The van der Waals surface area contributed by atoms with Crippen LogP contribution in [-0.4, -0.2) is 39.5 Å². The number of hydrogen-bond donors (Lipinski definition) is 1. The van der Waals surface area contributed by atoms with Gasteiger partial charge in [-0.25, -0.2) is 0 Å². The third-order valence-electron chi connectivity index (χ3n) is 1.56. The lowest BCUT2D eigenvalue weighted by Gasteiger charge is -2.12. The van der Waals surface area contributed by atoms with Gasteiger partial charge in [-0.1, -0.05) is 6.92 Å². The Kier molecular flexibility index (Phi) is 8.88. The molecule has 0 spiro atoms. The van der Waals surface area contributed by atoms with Crippen LogP contribution in [0.4, 0.5) is 0 Å². The van der Waals surface area contributed by atoms with Crippen molar-refractivity contribution in [2.24, 2.45) is 0 Å². The summed E-state index contributed by atoms with van der Waals surface area (Å²) in [6.07, 6.45) is 0.981. The van der Waals surface area contributed by atoms with Gasteiger partial charge in [0.2, 0.25) is 0 Å². The minimum Gasteiger partial charge on any atom is -0.385 e. The molecule has 0 saturated carbocycles. The molecular formula is C9H21NO2. The first-order valence-electron chi connectivity index (χ1n) is 4.61. The molecule has 3 heteroatoms. The molecule has 0 aliphatic rings. The van der Waals surface area contributed by atoms with Crippen LogP contribution in [0.25, 0.3) is 0 Å². The highest BCUT2D eigenvalue weighted by Gasteiger charge is 1.97. The van der Waals surface area contributed by atoms with E-state index in [9.17, 15) is 0 Å². The highest BCUT2D eigenvalue weighted by Crippen LogP contribution is 1.87. The molecule has 12 heavy (non-hydrogen) atoms. The third kappa shape index (κ3) is 7.98. The van der Waals surface area contributed by atoms with Gasteiger partial charge in [-0.2, -0.15) is 0 Å². The summed E-state index contributed by atoms with van der Waals surface area (Å²) in [5, 5.41) is 3.28. The lowest BCUT2D eigenvalue weighted by Crippen LogP contribution is -2.30. The second-order valence-electron chi connectivity index (χ2n) is 2.88. The Morgan fingerprint density at radius 3 is 2.67 bits per heavy atom. The normalized spacial score (nSPS) is 13.2. The van der Waals surface area contributed by atoms with Crippen molar-refractivity contribution in [3.05, 3.63) is 0 Å². The number of ether oxygens (including phenoxy) is 2. The van der Waals surface area contributed by atoms with Crippen molar-refractivity contribution in [2.75, 3.05) is 33.5 Å². The van der Waals surface area contributed by atoms with Crippen LogP contribution in [0.1, 0.15) is 20.3 Å². The first-order chi connectivity index (χ1) is 5.81. The van der Waals surface area contributed by atoms with E-state index in [2.05, 4.69) is 19.2 Å². The largest absolute Gasteiger partial charge is 0.385 e. The van der Waals surface area contributed by atoms with Gasteiger partial charge in [0.15, 0.2) is 0 Å². The minimum atomic E-state index is 0.456. The zero-order chi connectivity index (χ0) is 9.23. The van der Waals surface area contributed by atoms with Gasteiger partial charge in [0, 0.05) is 26.4 Å². The first kappa shape index (κ1) is 11.9. The maximum atomic E-state index is 5.41. The molecule has 0 amide bonds. The fourth-order valence-electron chi connectivity index (χ4n) is 0.973. The zero-order valence-corrected chi connectivity index (χ0v) is 8.43. The molecule has 1 unspecified atom stereocenters. The van der Waals surface area contributed by atoms with Gasteiger partial charge in [-0.15, -0.1) is 0 Å². The predicted molar refractivity (Wildman–Crippen MR) is 50.5 cm³/mol. The Morgan fingerprint density at radius 1 is 1.33 bits per heavy atom. The third-order valence-corrected chi connectivity index (χ3v) is 1.56. The summed E-state index contributed by atoms with van der Waals surface area (Å²) in [5.41, 5.74) is 0. The molecule has 74 valence electrons. The van der Waals surface area contributed by atoms with Crippen molar-refractivity contribution >= 4 is 0 Å².